The van der Waals surface area contributed by atoms with Gasteiger partial charge >= 0.3 is 5.69 Å². The van der Waals surface area contributed by atoms with Gasteiger partial charge < -0.3 is 5.32 Å². The van der Waals surface area contributed by atoms with Crippen LogP contribution in [0.5, 0.6) is 0 Å². The van der Waals surface area contributed by atoms with Crippen LogP contribution in [0.15, 0.2) is 78.9 Å². The maximum absolute atomic E-state index is 12.9. The molecule has 0 saturated heterocycles. The van der Waals surface area contributed by atoms with Gasteiger partial charge in [-0.15, -0.1) is 0 Å². The van der Waals surface area contributed by atoms with Gasteiger partial charge in [-0.25, -0.2) is 0 Å². The van der Waals surface area contributed by atoms with Crippen molar-refractivity contribution in [2.24, 2.45) is 0 Å². The Labute approximate surface area is 191 Å². The number of anilines is 1. The number of nitrogens with one attached hydrogen (secondary N) is 1. The molecule has 33 heavy (non-hydrogen) atoms. The first-order valence-electron chi connectivity index (χ1n) is 10.6. The van der Waals surface area contributed by atoms with Crippen LogP contribution < -0.4 is 5.32 Å². The summed E-state index contributed by atoms with van der Waals surface area (Å²) in [5, 5.41) is 18.5. The molecule has 1 N–H and O–H groups in total. The first-order chi connectivity index (χ1) is 15.9. The number of hydrogen-bond donors (Lipinski definition) is 1. The van der Waals surface area contributed by atoms with Crippen molar-refractivity contribution in [1.29, 1.82) is 0 Å². The highest BCUT2D eigenvalue weighted by Crippen LogP contribution is 2.23. The van der Waals surface area contributed by atoms with Gasteiger partial charge in [0.2, 0.25) is 0 Å². The lowest BCUT2D eigenvalue weighted by Crippen LogP contribution is -2.13. The number of hydrogen-bond acceptors (Lipinski definition) is 4. The summed E-state index contributed by atoms with van der Waals surface area (Å²) in [6, 6.07) is 25.1. The van der Waals surface area contributed by atoms with Gasteiger partial charge in [-0.3, -0.25) is 19.6 Å². The molecule has 7 nitrogen and oxygen atoms in total. The Hall–Kier alpha value is -4.26. The number of aryl methyl sites for hydroxylation is 1. The molecule has 166 valence electrons. The summed E-state index contributed by atoms with van der Waals surface area (Å²) in [5.41, 5.74) is 5.37. The summed E-state index contributed by atoms with van der Waals surface area (Å²) in [7, 11) is 0. The van der Waals surface area contributed by atoms with Crippen LogP contribution in [0.25, 0.3) is 0 Å². The minimum absolute atomic E-state index is 0.0418. The molecule has 0 saturated carbocycles. The zero-order chi connectivity index (χ0) is 23.4. The minimum Gasteiger partial charge on any atom is -0.322 e. The minimum atomic E-state index is -0.406. The van der Waals surface area contributed by atoms with Gasteiger partial charge in [-0.1, -0.05) is 60.7 Å². The first kappa shape index (κ1) is 22.0. The maximum atomic E-state index is 12.9. The van der Waals surface area contributed by atoms with E-state index in [-0.39, 0.29) is 11.6 Å². The number of nitro groups is 1. The third kappa shape index (κ3) is 4.98. The van der Waals surface area contributed by atoms with E-state index in [1.165, 1.54) is 5.56 Å². The monoisotopic (exact) mass is 440 g/mol. The summed E-state index contributed by atoms with van der Waals surface area (Å²) in [4.78, 5) is 23.7. The predicted molar refractivity (Wildman–Crippen MR) is 128 cm³/mol. The van der Waals surface area contributed by atoms with E-state index in [4.69, 9.17) is 0 Å². The lowest BCUT2D eigenvalue weighted by atomic mass is 10.0. The van der Waals surface area contributed by atoms with Crippen molar-refractivity contribution in [2.45, 2.75) is 26.8 Å². The molecule has 0 aliphatic heterocycles. The number of benzene rings is 3. The molecule has 0 aliphatic rings. The molecular formula is C26H24N4O3. The topological polar surface area (TPSA) is 90.1 Å². The van der Waals surface area contributed by atoms with E-state index < -0.39 is 4.92 Å². The van der Waals surface area contributed by atoms with Crippen molar-refractivity contribution in [3.63, 3.8) is 0 Å². The van der Waals surface area contributed by atoms with Crippen LogP contribution in [0.4, 0.5) is 11.4 Å². The molecular weight excluding hydrogens is 416 g/mol. The number of amides is 1. The van der Waals surface area contributed by atoms with Gasteiger partial charge in [0.25, 0.3) is 5.91 Å². The number of para-hydroxylation sites is 1. The molecule has 1 heterocycles. The molecule has 0 aliphatic carbocycles. The molecule has 3 aromatic carbocycles. The molecule has 1 aromatic heterocycles. The van der Waals surface area contributed by atoms with Crippen LogP contribution in [0.2, 0.25) is 0 Å². The van der Waals surface area contributed by atoms with E-state index in [0.717, 1.165) is 23.2 Å². The lowest BCUT2D eigenvalue weighted by Gasteiger charge is -2.12. The van der Waals surface area contributed by atoms with Crippen molar-refractivity contribution in [3.05, 3.63) is 123 Å². The molecule has 0 atom stereocenters. The normalized spacial score (nSPS) is 10.7. The predicted octanol–water partition coefficient (Wildman–Crippen LogP) is 5.30. The van der Waals surface area contributed by atoms with Gasteiger partial charge in [-0.05, 0) is 55.2 Å². The van der Waals surface area contributed by atoms with Gasteiger partial charge in [0, 0.05) is 11.3 Å². The number of carbonyl (C=O) groups is 1. The van der Waals surface area contributed by atoms with Crippen molar-refractivity contribution < 1.29 is 9.72 Å². The second-order valence-electron chi connectivity index (χ2n) is 7.90. The van der Waals surface area contributed by atoms with Crippen LogP contribution in [0.1, 0.15) is 38.4 Å². The summed E-state index contributed by atoms with van der Waals surface area (Å²) in [6.07, 6.45) is 0.727. The maximum Gasteiger partial charge on any atom is 0.312 e. The zero-order valence-corrected chi connectivity index (χ0v) is 18.5. The van der Waals surface area contributed by atoms with E-state index in [1.54, 1.807) is 30.7 Å². The Kier molecular flexibility index (Phi) is 6.31. The molecule has 4 rings (SSSR count). The summed E-state index contributed by atoms with van der Waals surface area (Å²) in [5.74, 6) is -0.191. The fraction of sp³-hybridized carbons (Fsp3) is 0.154. The van der Waals surface area contributed by atoms with Crippen molar-refractivity contribution in [3.8, 4) is 0 Å². The average Bonchev–Trinajstić information content (AvgIpc) is 3.09. The Bertz CT molecular complexity index is 1300. The van der Waals surface area contributed by atoms with Crippen LogP contribution in [0, 0.1) is 24.0 Å². The summed E-state index contributed by atoms with van der Waals surface area (Å²) < 4.78 is 1.61. The Morgan fingerprint density at radius 1 is 0.939 bits per heavy atom. The highest BCUT2D eigenvalue weighted by atomic mass is 16.6. The molecule has 7 heteroatoms. The largest absolute Gasteiger partial charge is 0.322 e. The third-order valence-corrected chi connectivity index (χ3v) is 5.58. The second kappa shape index (κ2) is 9.48. The second-order valence-corrected chi connectivity index (χ2v) is 7.90. The van der Waals surface area contributed by atoms with E-state index in [2.05, 4.69) is 22.5 Å². The van der Waals surface area contributed by atoms with Crippen molar-refractivity contribution in [1.82, 2.24) is 9.78 Å². The van der Waals surface area contributed by atoms with Crippen LogP contribution in [-0.2, 0) is 13.0 Å². The number of carbonyl (C=O) groups excluding carboxylic acids is 1. The van der Waals surface area contributed by atoms with Gasteiger partial charge in [0.15, 0.2) is 0 Å². The van der Waals surface area contributed by atoms with E-state index in [9.17, 15) is 14.9 Å². The third-order valence-electron chi connectivity index (χ3n) is 5.58. The Morgan fingerprint density at radius 2 is 1.61 bits per heavy atom. The molecule has 0 unspecified atom stereocenters. The van der Waals surface area contributed by atoms with Gasteiger partial charge in [0.1, 0.15) is 11.4 Å². The molecule has 0 spiro atoms. The lowest BCUT2D eigenvalue weighted by molar-refractivity contribution is -0.386. The molecule has 4 aromatic rings. The standard InChI is InChI=1S/C26H24N4O3/c1-18-25(30(32)33)19(2)29(28-18)17-21-12-14-22(15-13-21)26(31)27-24-11-7-6-10-23(24)16-20-8-4-3-5-9-20/h3-15H,16-17H2,1-2H3,(H,27,31). The van der Waals surface area contributed by atoms with Crippen molar-refractivity contribution >= 4 is 17.3 Å². The molecule has 1 amide bonds. The SMILES string of the molecule is Cc1nn(Cc2ccc(C(=O)Nc3ccccc3Cc3ccccc3)cc2)c(C)c1[N+](=O)[O-]. The van der Waals surface area contributed by atoms with Crippen LogP contribution in [-0.4, -0.2) is 20.6 Å². The van der Waals surface area contributed by atoms with Gasteiger partial charge in [-0.2, -0.15) is 5.10 Å². The van der Waals surface area contributed by atoms with E-state index in [1.807, 2.05) is 54.6 Å². The number of rotatable bonds is 7. The fourth-order valence-electron chi connectivity index (χ4n) is 3.85. The Balaban J connectivity index is 1.47. The Morgan fingerprint density at radius 3 is 2.27 bits per heavy atom. The smallest absolute Gasteiger partial charge is 0.312 e. The highest BCUT2D eigenvalue weighted by Gasteiger charge is 2.21. The van der Waals surface area contributed by atoms with Crippen LogP contribution >= 0.6 is 0 Å². The van der Waals surface area contributed by atoms with Crippen LogP contribution in [0.3, 0.4) is 0 Å². The number of aromatic nitrogens is 2. The molecule has 0 fully saturated rings. The van der Waals surface area contributed by atoms with E-state index >= 15 is 0 Å². The van der Waals surface area contributed by atoms with Crippen molar-refractivity contribution in [2.75, 3.05) is 5.32 Å². The number of nitrogens with zero attached hydrogens (tertiary/aromatic N) is 3. The fourth-order valence-corrected chi connectivity index (χ4v) is 3.85. The highest BCUT2D eigenvalue weighted by molar-refractivity contribution is 6.04. The van der Waals surface area contributed by atoms with E-state index in [0.29, 0.717) is 23.5 Å². The first-order valence-corrected chi connectivity index (χ1v) is 10.6. The molecule has 0 radical (unpaired) electrons. The summed E-state index contributed by atoms with van der Waals surface area (Å²) in [6.45, 7) is 3.71. The van der Waals surface area contributed by atoms with Gasteiger partial charge in [0.05, 0.1) is 11.5 Å². The molecule has 0 bridgehead atoms. The zero-order valence-electron chi connectivity index (χ0n) is 18.5. The quantitative estimate of drug-likeness (QED) is 0.312. The average molecular weight is 441 g/mol. The summed E-state index contributed by atoms with van der Waals surface area (Å²) >= 11 is 0.